The number of hydrogen-bond donors (Lipinski definition) is 4. The summed E-state index contributed by atoms with van der Waals surface area (Å²) in [5, 5.41) is 2.91. The van der Waals surface area contributed by atoms with Crippen molar-refractivity contribution in [2.24, 2.45) is 0 Å². The van der Waals surface area contributed by atoms with Crippen molar-refractivity contribution in [3.8, 4) is 0 Å². The minimum Gasteiger partial charge on any atom is -0.348 e. The number of aromatic amines is 2. The Labute approximate surface area is 190 Å². The third-order valence-corrected chi connectivity index (χ3v) is 7.19. The van der Waals surface area contributed by atoms with Gasteiger partial charge in [-0.2, -0.15) is 0 Å². The molecule has 168 valence electrons. The second-order valence-corrected chi connectivity index (χ2v) is 9.79. The fraction of sp³-hybridized carbons (Fsp3) is 0.167. The van der Waals surface area contributed by atoms with E-state index >= 15 is 0 Å². The first-order chi connectivity index (χ1) is 15.9. The molecule has 1 aliphatic rings. The summed E-state index contributed by atoms with van der Waals surface area (Å²) in [6.45, 7) is 0.435. The van der Waals surface area contributed by atoms with Gasteiger partial charge in [0.2, 0.25) is 0 Å². The number of aromatic nitrogens is 2. The highest BCUT2D eigenvalue weighted by Crippen LogP contribution is 2.23. The Hall–Kier alpha value is -3.85. The lowest BCUT2D eigenvalue weighted by molar-refractivity contribution is 0.0951. The van der Waals surface area contributed by atoms with Crippen molar-refractivity contribution in [1.82, 2.24) is 15.3 Å². The monoisotopic (exact) mass is 462 g/mol. The first kappa shape index (κ1) is 21.0. The molecule has 0 bridgehead atoms. The average molecular weight is 463 g/mol. The summed E-state index contributed by atoms with van der Waals surface area (Å²) in [5.74, 6) is -0.230. The van der Waals surface area contributed by atoms with Gasteiger partial charge < -0.3 is 15.3 Å². The number of nitrogens with one attached hydrogen (secondary N) is 4. The minimum absolute atomic E-state index is 0.0152. The number of carbonyl (C=O) groups excluding carboxylic acids is 1. The Bertz CT molecular complexity index is 1520. The highest BCUT2D eigenvalue weighted by atomic mass is 32.2. The standard InChI is InChI=1S/C24H22N4O4S/c29-23(25-14-15-4-5-16-2-1-3-18(16)12-15)17-6-8-19(9-7-17)28-33(31,32)20-10-11-21-22(13-20)27-24(30)26-21/h4-13,28H,1-3,14H2,(H,25,29)(H2,26,27,30). The number of aryl methyl sites for hydroxylation is 2. The summed E-state index contributed by atoms with van der Waals surface area (Å²) in [5.41, 5.74) is 5.10. The highest BCUT2D eigenvalue weighted by Gasteiger charge is 2.16. The third-order valence-electron chi connectivity index (χ3n) is 5.81. The lowest BCUT2D eigenvalue weighted by Crippen LogP contribution is -2.22. The van der Waals surface area contributed by atoms with E-state index in [1.807, 2.05) is 6.07 Å². The molecular formula is C24H22N4O4S. The van der Waals surface area contributed by atoms with Crippen molar-refractivity contribution >= 4 is 32.7 Å². The van der Waals surface area contributed by atoms with Crippen molar-refractivity contribution < 1.29 is 13.2 Å². The number of sulfonamides is 1. The van der Waals surface area contributed by atoms with Gasteiger partial charge in [0.05, 0.1) is 15.9 Å². The molecule has 1 heterocycles. The van der Waals surface area contributed by atoms with E-state index in [-0.39, 0.29) is 10.8 Å². The number of amides is 1. The van der Waals surface area contributed by atoms with Gasteiger partial charge in [0, 0.05) is 17.8 Å². The van der Waals surface area contributed by atoms with Gasteiger partial charge >= 0.3 is 5.69 Å². The molecule has 0 saturated carbocycles. The van der Waals surface area contributed by atoms with Gasteiger partial charge in [-0.05, 0) is 78.4 Å². The summed E-state index contributed by atoms with van der Waals surface area (Å²) in [6, 6.07) is 16.9. The molecule has 33 heavy (non-hydrogen) atoms. The number of benzene rings is 3. The van der Waals surface area contributed by atoms with Crippen molar-refractivity contribution in [3.05, 3.63) is 93.4 Å². The molecular weight excluding hydrogens is 440 g/mol. The molecule has 0 aliphatic heterocycles. The maximum Gasteiger partial charge on any atom is 0.323 e. The van der Waals surface area contributed by atoms with Gasteiger partial charge in [0.25, 0.3) is 15.9 Å². The number of fused-ring (bicyclic) bond motifs is 2. The quantitative estimate of drug-likeness (QED) is 0.351. The van der Waals surface area contributed by atoms with Gasteiger partial charge in [0.15, 0.2) is 0 Å². The fourth-order valence-electron chi connectivity index (χ4n) is 4.10. The van der Waals surface area contributed by atoms with Gasteiger partial charge in [-0.3, -0.25) is 9.52 Å². The Kier molecular flexibility index (Phi) is 5.26. The first-order valence-corrected chi connectivity index (χ1v) is 12.1. The zero-order chi connectivity index (χ0) is 23.0. The van der Waals surface area contributed by atoms with Crippen LogP contribution in [0.4, 0.5) is 5.69 Å². The molecule has 4 aromatic rings. The van der Waals surface area contributed by atoms with E-state index in [9.17, 15) is 18.0 Å². The van der Waals surface area contributed by atoms with Gasteiger partial charge in [-0.15, -0.1) is 0 Å². The number of imidazole rings is 1. The topological polar surface area (TPSA) is 124 Å². The van der Waals surface area contributed by atoms with Crippen LogP contribution in [0.5, 0.6) is 0 Å². The molecule has 0 unspecified atom stereocenters. The molecule has 0 atom stereocenters. The van der Waals surface area contributed by atoms with E-state index < -0.39 is 15.7 Å². The van der Waals surface area contributed by atoms with Crippen LogP contribution in [-0.2, 0) is 29.4 Å². The van der Waals surface area contributed by atoms with E-state index in [0.717, 1.165) is 18.4 Å². The minimum atomic E-state index is -3.87. The van der Waals surface area contributed by atoms with Crippen LogP contribution in [0, 0.1) is 0 Å². The Morgan fingerprint density at radius 2 is 1.64 bits per heavy atom. The molecule has 4 N–H and O–H groups in total. The first-order valence-electron chi connectivity index (χ1n) is 10.6. The second-order valence-electron chi connectivity index (χ2n) is 8.11. The summed E-state index contributed by atoms with van der Waals surface area (Å²) in [7, 11) is -3.87. The predicted octanol–water partition coefficient (Wildman–Crippen LogP) is 3.08. The van der Waals surface area contributed by atoms with Crippen LogP contribution < -0.4 is 15.7 Å². The molecule has 1 aliphatic carbocycles. The summed E-state index contributed by atoms with van der Waals surface area (Å²) in [4.78, 5) is 29.0. The normalized spacial score (nSPS) is 13.1. The largest absolute Gasteiger partial charge is 0.348 e. The van der Waals surface area contributed by atoms with Crippen LogP contribution in [0.1, 0.15) is 33.5 Å². The van der Waals surface area contributed by atoms with Crippen LogP contribution in [0.15, 0.2) is 70.4 Å². The molecule has 9 heteroatoms. The van der Waals surface area contributed by atoms with Gasteiger partial charge in [-0.1, -0.05) is 18.2 Å². The van der Waals surface area contributed by atoms with Crippen molar-refractivity contribution in [2.75, 3.05) is 4.72 Å². The Morgan fingerprint density at radius 3 is 2.45 bits per heavy atom. The van der Waals surface area contributed by atoms with Crippen LogP contribution in [0.3, 0.4) is 0 Å². The number of hydrogen-bond acceptors (Lipinski definition) is 4. The lowest BCUT2D eigenvalue weighted by Gasteiger charge is -2.10. The van der Waals surface area contributed by atoms with Crippen LogP contribution >= 0.6 is 0 Å². The zero-order valence-electron chi connectivity index (χ0n) is 17.6. The third kappa shape index (κ3) is 4.40. The average Bonchev–Trinajstić information content (AvgIpc) is 3.42. The summed E-state index contributed by atoms with van der Waals surface area (Å²) < 4.78 is 27.9. The second kappa shape index (κ2) is 8.25. The predicted molar refractivity (Wildman–Crippen MR) is 126 cm³/mol. The molecule has 5 rings (SSSR count). The highest BCUT2D eigenvalue weighted by molar-refractivity contribution is 7.92. The molecule has 0 spiro atoms. The van der Waals surface area contributed by atoms with E-state index in [4.69, 9.17) is 0 Å². The Balaban J connectivity index is 1.24. The van der Waals surface area contributed by atoms with Crippen molar-refractivity contribution in [3.63, 3.8) is 0 Å². The lowest BCUT2D eigenvalue weighted by atomic mass is 10.1. The van der Waals surface area contributed by atoms with E-state index in [1.165, 1.54) is 35.7 Å². The SMILES string of the molecule is O=C(NCc1ccc2c(c1)CCC2)c1ccc(NS(=O)(=O)c2ccc3[nH]c(=O)[nH]c3c2)cc1. The molecule has 0 fully saturated rings. The maximum absolute atomic E-state index is 12.7. The number of rotatable bonds is 6. The number of H-pyrrole nitrogens is 2. The van der Waals surface area contributed by atoms with Crippen molar-refractivity contribution in [2.45, 2.75) is 30.7 Å². The van der Waals surface area contributed by atoms with Crippen LogP contribution in [0.25, 0.3) is 11.0 Å². The molecule has 1 aromatic heterocycles. The Morgan fingerprint density at radius 1 is 0.879 bits per heavy atom. The van der Waals surface area contributed by atoms with Gasteiger partial charge in [0.1, 0.15) is 0 Å². The number of carbonyl (C=O) groups is 1. The zero-order valence-corrected chi connectivity index (χ0v) is 18.5. The maximum atomic E-state index is 12.7. The smallest absolute Gasteiger partial charge is 0.323 e. The van der Waals surface area contributed by atoms with Gasteiger partial charge in [-0.25, -0.2) is 13.2 Å². The van der Waals surface area contributed by atoms with Crippen LogP contribution in [0.2, 0.25) is 0 Å². The molecule has 3 aromatic carbocycles. The molecule has 0 saturated heterocycles. The fourth-order valence-corrected chi connectivity index (χ4v) is 5.19. The van der Waals surface area contributed by atoms with Crippen LogP contribution in [-0.4, -0.2) is 24.3 Å². The van der Waals surface area contributed by atoms with E-state index in [1.54, 1.807) is 24.3 Å². The summed E-state index contributed by atoms with van der Waals surface area (Å²) >= 11 is 0. The molecule has 0 radical (unpaired) electrons. The molecule has 1 amide bonds. The molecule has 8 nitrogen and oxygen atoms in total. The van der Waals surface area contributed by atoms with Crippen molar-refractivity contribution in [1.29, 1.82) is 0 Å². The summed E-state index contributed by atoms with van der Waals surface area (Å²) in [6.07, 6.45) is 3.39. The number of anilines is 1. The van der Waals surface area contributed by atoms with E-state index in [2.05, 4.69) is 32.1 Å². The van der Waals surface area contributed by atoms with E-state index in [0.29, 0.717) is 28.8 Å².